The first-order valence-corrected chi connectivity index (χ1v) is 15.2. The zero-order valence-corrected chi connectivity index (χ0v) is 24.9. The number of ether oxygens (including phenoxy) is 1. The van der Waals surface area contributed by atoms with Gasteiger partial charge >= 0.3 is 6.09 Å². The number of aromatic nitrogens is 2. The number of carbonyl (C=O) groups is 3. The molecular weight excluding hydrogens is 520 g/mol. The van der Waals surface area contributed by atoms with Crippen LogP contribution in [0.1, 0.15) is 70.9 Å². The molecule has 1 aromatic carbocycles. The van der Waals surface area contributed by atoms with Gasteiger partial charge in [-0.2, -0.15) is 5.10 Å². The lowest BCUT2D eigenvalue weighted by Gasteiger charge is -2.55. The van der Waals surface area contributed by atoms with Crippen molar-refractivity contribution in [3.8, 4) is 0 Å². The molecule has 1 spiro atoms. The summed E-state index contributed by atoms with van der Waals surface area (Å²) < 4.78 is 7.47. The third-order valence-corrected chi connectivity index (χ3v) is 9.51. The highest BCUT2D eigenvalue weighted by Gasteiger charge is 2.46. The lowest BCUT2D eigenvalue weighted by molar-refractivity contribution is -0.134. The second-order valence-electron chi connectivity index (χ2n) is 13.8. The Morgan fingerprint density at radius 1 is 1.07 bits per heavy atom. The number of nitrogens with zero attached hydrogens (tertiary/aromatic N) is 5. The molecule has 4 aliphatic heterocycles. The Morgan fingerprint density at radius 3 is 2.44 bits per heavy atom. The molecule has 3 amide bonds. The average molecular weight is 565 g/mol. The summed E-state index contributed by atoms with van der Waals surface area (Å²) in [7, 11) is 1.95. The van der Waals surface area contributed by atoms with Crippen molar-refractivity contribution in [2.45, 2.75) is 70.8 Å². The SMILES string of the molecule is Cn1nc(C2CCC(=O)NC2=O)c2cccc(N3CCC(CN4CC5(CCN(C(=O)OC(C)(C)C)CC5)C4)CC3)c21. The molecule has 10 nitrogen and oxygen atoms in total. The second kappa shape index (κ2) is 10.6. The predicted octanol–water partition coefficient (Wildman–Crippen LogP) is 3.64. The molecule has 4 fully saturated rings. The minimum Gasteiger partial charge on any atom is -0.444 e. The molecule has 2 aromatic rings. The average Bonchev–Trinajstić information content (AvgIpc) is 3.24. The highest BCUT2D eigenvalue weighted by molar-refractivity contribution is 6.03. The Balaban J connectivity index is 1.02. The van der Waals surface area contributed by atoms with E-state index < -0.39 is 5.60 Å². The van der Waals surface area contributed by atoms with Crippen LogP contribution in [0.25, 0.3) is 10.9 Å². The number of piperidine rings is 3. The maximum atomic E-state index is 12.6. The predicted molar refractivity (Wildman–Crippen MR) is 157 cm³/mol. The van der Waals surface area contributed by atoms with Crippen LogP contribution in [0.5, 0.6) is 0 Å². The van der Waals surface area contributed by atoms with E-state index in [1.807, 2.05) is 37.4 Å². The number of nitrogens with one attached hydrogen (secondary N) is 1. The molecule has 0 saturated carbocycles. The van der Waals surface area contributed by atoms with Gasteiger partial charge in [0.25, 0.3) is 0 Å². The fourth-order valence-electron chi connectivity index (χ4n) is 7.37. The Labute approximate surface area is 242 Å². The van der Waals surface area contributed by atoms with Crippen molar-refractivity contribution in [3.05, 3.63) is 23.9 Å². The standard InChI is InChI=1S/C31H44N6O4/c1-30(2,3)41-29(40)37-16-12-31(13-17-37)19-35(20-31)18-21-10-14-36(15-11-21)24-7-5-6-22-26(33-34(4)27(22)24)23-8-9-25(38)32-28(23)39/h5-7,21,23H,8-20H2,1-4H3,(H,32,38,39). The summed E-state index contributed by atoms with van der Waals surface area (Å²) in [5, 5.41) is 8.26. The summed E-state index contributed by atoms with van der Waals surface area (Å²) in [5.74, 6) is -0.141. The minimum atomic E-state index is -0.446. The molecule has 1 unspecified atom stereocenters. The van der Waals surface area contributed by atoms with Crippen molar-refractivity contribution in [1.82, 2.24) is 24.9 Å². The smallest absolute Gasteiger partial charge is 0.410 e. The van der Waals surface area contributed by atoms with Gasteiger partial charge in [0.1, 0.15) is 5.60 Å². The lowest BCUT2D eigenvalue weighted by Crippen LogP contribution is -2.61. The van der Waals surface area contributed by atoms with Crippen molar-refractivity contribution < 1.29 is 19.1 Å². The first-order valence-electron chi connectivity index (χ1n) is 15.2. The topological polar surface area (TPSA) is 100 Å². The number of carbonyl (C=O) groups excluding carboxylic acids is 3. The van der Waals surface area contributed by atoms with Gasteiger partial charge in [-0.25, -0.2) is 4.79 Å². The Morgan fingerprint density at radius 2 is 1.78 bits per heavy atom. The fraction of sp³-hybridized carbons (Fsp3) is 0.677. The lowest BCUT2D eigenvalue weighted by atomic mass is 9.71. The molecule has 6 rings (SSSR count). The van der Waals surface area contributed by atoms with Crippen LogP contribution >= 0.6 is 0 Å². The number of imide groups is 1. The first-order chi connectivity index (χ1) is 19.5. The molecule has 1 aromatic heterocycles. The normalized spacial score (nSPS) is 24.0. The maximum Gasteiger partial charge on any atom is 0.410 e. The minimum absolute atomic E-state index is 0.177. The highest BCUT2D eigenvalue weighted by Crippen LogP contribution is 2.42. The Kier molecular flexibility index (Phi) is 7.24. The van der Waals surface area contributed by atoms with E-state index in [9.17, 15) is 14.4 Å². The number of para-hydroxylation sites is 1. The van der Waals surface area contributed by atoms with Gasteiger partial charge in [-0.05, 0) is 70.3 Å². The van der Waals surface area contributed by atoms with Crippen LogP contribution in [-0.4, -0.2) is 88.9 Å². The number of hydrogen-bond acceptors (Lipinski definition) is 7. The van der Waals surface area contributed by atoms with Crippen molar-refractivity contribution >= 4 is 34.5 Å². The summed E-state index contributed by atoms with van der Waals surface area (Å²) >= 11 is 0. The quantitative estimate of drug-likeness (QED) is 0.566. The molecule has 0 bridgehead atoms. The number of benzene rings is 1. The van der Waals surface area contributed by atoms with E-state index in [1.54, 1.807) is 0 Å². The van der Waals surface area contributed by atoms with Crippen molar-refractivity contribution in [3.63, 3.8) is 0 Å². The number of fused-ring (bicyclic) bond motifs is 1. The molecule has 1 N–H and O–H groups in total. The highest BCUT2D eigenvalue weighted by atomic mass is 16.6. The van der Waals surface area contributed by atoms with E-state index in [0.29, 0.717) is 24.2 Å². The van der Waals surface area contributed by atoms with Crippen LogP contribution in [0.4, 0.5) is 10.5 Å². The van der Waals surface area contributed by atoms with Gasteiger partial charge < -0.3 is 19.4 Å². The molecular formula is C31H44N6O4. The van der Waals surface area contributed by atoms with E-state index in [4.69, 9.17) is 9.84 Å². The summed E-state index contributed by atoms with van der Waals surface area (Å²) in [4.78, 5) is 43.6. The zero-order chi connectivity index (χ0) is 28.9. The molecule has 0 radical (unpaired) electrons. The molecule has 4 aliphatic rings. The number of aryl methyl sites for hydroxylation is 1. The second-order valence-corrected chi connectivity index (χ2v) is 13.8. The van der Waals surface area contributed by atoms with Crippen LogP contribution in [0.3, 0.4) is 0 Å². The number of hydrogen-bond donors (Lipinski definition) is 1. The van der Waals surface area contributed by atoms with Crippen LogP contribution in [0.15, 0.2) is 18.2 Å². The monoisotopic (exact) mass is 564 g/mol. The van der Waals surface area contributed by atoms with Crippen LogP contribution < -0.4 is 10.2 Å². The van der Waals surface area contributed by atoms with Gasteiger partial charge in [0.2, 0.25) is 11.8 Å². The van der Waals surface area contributed by atoms with Gasteiger partial charge in [0.15, 0.2) is 0 Å². The largest absolute Gasteiger partial charge is 0.444 e. The summed E-state index contributed by atoms with van der Waals surface area (Å²) in [6.45, 7) is 12.8. The van der Waals surface area contributed by atoms with E-state index in [1.165, 1.54) is 5.69 Å². The van der Waals surface area contributed by atoms with E-state index in [-0.39, 0.29) is 23.8 Å². The number of likely N-dealkylation sites (tertiary alicyclic amines) is 2. The van der Waals surface area contributed by atoms with Gasteiger partial charge in [0, 0.05) is 64.7 Å². The number of anilines is 1. The molecule has 41 heavy (non-hydrogen) atoms. The van der Waals surface area contributed by atoms with Crippen molar-refractivity contribution in [2.24, 2.45) is 18.4 Å². The zero-order valence-electron chi connectivity index (χ0n) is 24.9. The molecule has 4 saturated heterocycles. The van der Waals surface area contributed by atoms with Crippen molar-refractivity contribution in [1.29, 1.82) is 0 Å². The number of rotatable bonds is 4. The summed E-state index contributed by atoms with van der Waals surface area (Å²) in [6.07, 6.45) is 5.13. The Hall–Kier alpha value is -3.14. The summed E-state index contributed by atoms with van der Waals surface area (Å²) in [5.41, 5.74) is 2.93. The van der Waals surface area contributed by atoms with Crippen LogP contribution in [0.2, 0.25) is 0 Å². The maximum absolute atomic E-state index is 12.6. The summed E-state index contributed by atoms with van der Waals surface area (Å²) in [6, 6.07) is 6.28. The number of amides is 3. The first kappa shape index (κ1) is 28.0. The molecule has 0 aliphatic carbocycles. The van der Waals surface area contributed by atoms with E-state index >= 15 is 0 Å². The van der Waals surface area contributed by atoms with Gasteiger partial charge in [0.05, 0.1) is 22.8 Å². The molecule has 1 atom stereocenters. The van der Waals surface area contributed by atoms with Crippen LogP contribution in [0, 0.1) is 11.3 Å². The molecule has 222 valence electrons. The third kappa shape index (κ3) is 5.67. The van der Waals surface area contributed by atoms with Crippen LogP contribution in [-0.2, 0) is 21.4 Å². The van der Waals surface area contributed by atoms with Gasteiger partial charge in [-0.1, -0.05) is 12.1 Å². The fourth-order valence-corrected chi connectivity index (χ4v) is 7.37. The van der Waals surface area contributed by atoms with E-state index in [0.717, 1.165) is 88.1 Å². The van der Waals surface area contributed by atoms with Gasteiger partial charge in [-0.3, -0.25) is 19.6 Å². The molecule has 10 heteroatoms. The van der Waals surface area contributed by atoms with Crippen molar-refractivity contribution in [2.75, 3.05) is 50.7 Å². The Bertz CT molecular complexity index is 1320. The van der Waals surface area contributed by atoms with E-state index in [2.05, 4.69) is 33.3 Å². The molecule has 5 heterocycles. The third-order valence-electron chi connectivity index (χ3n) is 9.51. The van der Waals surface area contributed by atoms with Gasteiger partial charge in [-0.15, -0.1) is 0 Å².